The summed E-state index contributed by atoms with van der Waals surface area (Å²) in [7, 11) is 5.80. The van der Waals surface area contributed by atoms with Crippen molar-refractivity contribution in [2.75, 3.05) is 34.0 Å². The fraction of sp³-hybridized carbons (Fsp3) is 0.282. The standard InChI is InChI=1S/C20H22ClNO3.C19H21ClN2O3/c1-13-8-10-15(11-9-13)12-17(20(24)25-4)22(3)19(23)18-14(2)6-5-7-16(18)21;1-12-5-4-6-15(20)17(12)18(23)22(2)16(19(24)25-3)11-13-7-9-14(21)10-8-13/h5-11,17H,12H2,1-4H3;4-10,16H,11,21H2,1-3H3. The molecule has 2 N–H and O–H groups in total. The quantitative estimate of drug-likeness (QED) is 0.140. The van der Waals surface area contributed by atoms with Crippen LogP contribution in [0.25, 0.3) is 0 Å². The average Bonchev–Trinajstić information content (AvgIpc) is 3.09. The zero-order valence-corrected chi connectivity index (χ0v) is 30.8. The van der Waals surface area contributed by atoms with E-state index in [1.54, 1.807) is 63.5 Å². The van der Waals surface area contributed by atoms with Crippen LogP contribution in [-0.4, -0.2) is 74.0 Å². The summed E-state index contributed by atoms with van der Waals surface area (Å²) in [6.07, 6.45) is 0.692. The molecule has 4 aromatic rings. The Kier molecular flexibility index (Phi) is 14.4. The summed E-state index contributed by atoms with van der Waals surface area (Å²) in [6, 6.07) is 24.0. The molecule has 264 valence electrons. The summed E-state index contributed by atoms with van der Waals surface area (Å²) in [6.45, 7) is 5.62. The molecule has 0 spiro atoms. The van der Waals surface area contributed by atoms with Crippen molar-refractivity contribution < 1.29 is 28.7 Å². The van der Waals surface area contributed by atoms with Crippen LogP contribution in [0.1, 0.15) is 48.5 Å². The number of nitrogens with zero attached hydrogens (tertiary/aromatic N) is 2. The number of nitrogen functional groups attached to an aromatic ring is 1. The van der Waals surface area contributed by atoms with E-state index in [0.717, 1.165) is 27.8 Å². The van der Waals surface area contributed by atoms with Gasteiger partial charge in [0.1, 0.15) is 12.1 Å². The molecule has 0 saturated heterocycles. The molecule has 0 aromatic heterocycles. The van der Waals surface area contributed by atoms with Crippen molar-refractivity contribution >= 4 is 52.6 Å². The highest BCUT2D eigenvalue weighted by Gasteiger charge is 2.31. The van der Waals surface area contributed by atoms with Gasteiger partial charge in [-0.3, -0.25) is 9.59 Å². The predicted molar refractivity (Wildman–Crippen MR) is 198 cm³/mol. The predicted octanol–water partition coefficient (Wildman–Crippen LogP) is 6.90. The molecule has 11 heteroatoms. The Labute approximate surface area is 303 Å². The summed E-state index contributed by atoms with van der Waals surface area (Å²) >= 11 is 12.4. The van der Waals surface area contributed by atoms with E-state index in [2.05, 4.69) is 0 Å². The molecule has 2 unspecified atom stereocenters. The van der Waals surface area contributed by atoms with Crippen LogP contribution in [0.5, 0.6) is 0 Å². The van der Waals surface area contributed by atoms with Gasteiger partial charge in [0.25, 0.3) is 11.8 Å². The molecular weight excluding hydrogens is 677 g/mol. The number of hydrogen-bond donors (Lipinski definition) is 1. The summed E-state index contributed by atoms with van der Waals surface area (Å²) in [5, 5.41) is 0.726. The topological polar surface area (TPSA) is 119 Å². The van der Waals surface area contributed by atoms with Crippen LogP contribution in [0.4, 0.5) is 5.69 Å². The largest absolute Gasteiger partial charge is 0.467 e. The maximum Gasteiger partial charge on any atom is 0.328 e. The molecule has 2 atom stereocenters. The van der Waals surface area contributed by atoms with Crippen molar-refractivity contribution in [1.29, 1.82) is 0 Å². The highest BCUT2D eigenvalue weighted by atomic mass is 35.5. The Balaban J connectivity index is 0.000000270. The number of amides is 2. The fourth-order valence-corrected chi connectivity index (χ4v) is 5.90. The molecule has 0 radical (unpaired) electrons. The number of likely N-dealkylation sites (N-methyl/N-ethyl adjacent to an activating group) is 2. The number of benzene rings is 4. The van der Waals surface area contributed by atoms with Gasteiger partial charge in [0.15, 0.2) is 0 Å². The van der Waals surface area contributed by atoms with Gasteiger partial charge in [0.2, 0.25) is 0 Å². The van der Waals surface area contributed by atoms with Gasteiger partial charge in [0.05, 0.1) is 35.4 Å². The van der Waals surface area contributed by atoms with Gasteiger partial charge in [-0.1, -0.05) is 89.4 Å². The summed E-state index contributed by atoms with van der Waals surface area (Å²) in [4.78, 5) is 53.1. The Hall–Kier alpha value is -4.86. The SMILES string of the molecule is COC(=O)C(Cc1ccc(C)cc1)N(C)C(=O)c1c(C)cccc1Cl.COC(=O)C(Cc1ccc(N)cc1)N(C)C(=O)c1c(C)cccc1Cl. The maximum atomic E-state index is 12.9. The lowest BCUT2D eigenvalue weighted by Gasteiger charge is -2.27. The van der Waals surface area contributed by atoms with E-state index in [9.17, 15) is 19.2 Å². The molecule has 0 aliphatic carbocycles. The van der Waals surface area contributed by atoms with E-state index >= 15 is 0 Å². The van der Waals surface area contributed by atoms with Crippen LogP contribution in [0.15, 0.2) is 84.9 Å². The Morgan fingerprint density at radius 2 is 0.980 bits per heavy atom. The third-order valence-corrected chi connectivity index (χ3v) is 8.98. The first-order chi connectivity index (χ1) is 23.7. The Bertz CT molecular complexity index is 1640. The monoisotopic (exact) mass is 719 g/mol. The molecule has 4 aromatic carbocycles. The van der Waals surface area contributed by atoms with Crippen molar-refractivity contribution in [3.8, 4) is 0 Å². The summed E-state index contributed by atoms with van der Waals surface area (Å²) in [5.41, 5.74) is 11.6. The van der Waals surface area contributed by atoms with E-state index in [-0.39, 0.29) is 11.8 Å². The van der Waals surface area contributed by atoms with Gasteiger partial charge in [-0.15, -0.1) is 0 Å². The van der Waals surface area contributed by atoms with E-state index in [1.807, 2.05) is 56.3 Å². The first kappa shape index (κ1) is 39.6. The lowest BCUT2D eigenvalue weighted by molar-refractivity contribution is -0.146. The van der Waals surface area contributed by atoms with Crippen LogP contribution >= 0.6 is 23.2 Å². The van der Waals surface area contributed by atoms with Gasteiger partial charge < -0.3 is 25.0 Å². The minimum Gasteiger partial charge on any atom is -0.467 e. The van der Waals surface area contributed by atoms with Gasteiger partial charge in [-0.2, -0.15) is 0 Å². The number of aryl methyl sites for hydroxylation is 3. The zero-order valence-electron chi connectivity index (χ0n) is 29.3. The highest BCUT2D eigenvalue weighted by Crippen LogP contribution is 2.24. The van der Waals surface area contributed by atoms with Gasteiger partial charge in [-0.05, 0) is 67.3 Å². The molecular formula is C39H43Cl2N3O6. The van der Waals surface area contributed by atoms with Crippen LogP contribution in [0.3, 0.4) is 0 Å². The van der Waals surface area contributed by atoms with E-state index < -0.39 is 24.0 Å². The molecule has 0 fully saturated rings. The maximum absolute atomic E-state index is 12.9. The fourth-order valence-electron chi connectivity index (χ4n) is 5.29. The first-order valence-corrected chi connectivity index (χ1v) is 16.6. The normalized spacial score (nSPS) is 11.7. The van der Waals surface area contributed by atoms with Crippen LogP contribution in [-0.2, 0) is 31.9 Å². The van der Waals surface area contributed by atoms with Gasteiger partial charge in [-0.25, -0.2) is 9.59 Å². The number of rotatable bonds is 10. The lowest BCUT2D eigenvalue weighted by Crippen LogP contribution is -2.44. The van der Waals surface area contributed by atoms with Crippen molar-refractivity contribution in [2.24, 2.45) is 0 Å². The molecule has 4 rings (SSSR count). The van der Waals surface area contributed by atoms with Crippen molar-refractivity contribution in [2.45, 2.75) is 45.7 Å². The smallest absolute Gasteiger partial charge is 0.328 e. The number of carbonyl (C=O) groups excluding carboxylic acids is 4. The molecule has 0 bridgehead atoms. The van der Waals surface area contributed by atoms with Crippen molar-refractivity contribution in [3.63, 3.8) is 0 Å². The summed E-state index contributed by atoms with van der Waals surface area (Å²) < 4.78 is 9.80. The number of carbonyl (C=O) groups is 4. The Morgan fingerprint density at radius 3 is 1.32 bits per heavy atom. The number of methoxy groups -OCH3 is 2. The minimum absolute atomic E-state index is 0.300. The molecule has 0 heterocycles. The number of anilines is 1. The molecule has 0 aliphatic heterocycles. The number of ether oxygens (including phenoxy) is 2. The van der Waals surface area contributed by atoms with E-state index in [0.29, 0.717) is 39.7 Å². The van der Waals surface area contributed by atoms with Crippen molar-refractivity contribution in [3.05, 3.63) is 134 Å². The molecule has 0 saturated carbocycles. The van der Waals surface area contributed by atoms with E-state index in [1.165, 1.54) is 24.0 Å². The van der Waals surface area contributed by atoms with Crippen LogP contribution < -0.4 is 5.73 Å². The van der Waals surface area contributed by atoms with Crippen LogP contribution in [0, 0.1) is 20.8 Å². The Morgan fingerprint density at radius 1 is 0.620 bits per heavy atom. The number of halogens is 2. The molecule has 50 heavy (non-hydrogen) atoms. The first-order valence-electron chi connectivity index (χ1n) is 15.8. The third-order valence-electron chi connectivity index (χ3n) is 8.35. The second kappa shape index (κ2) is 18.2. The lowest BCUT2D eigenvalue weighted by atomic mass is 10.0. The van der Waals surface area contributed by atoms with Gasteiger partial charge in [0, 0.05) is 32.6 Å². The average molecular weight is 721 g/mol. The second-order valence-corrected chi connectivity index (χ2v) is 12.7. The minimum atomic E-state index is -0.767. The summed E-state index contributed by atoms with van der Waals surface area (Å²) in [5.74, 6) is -1.57. The van der Waals surface area contributed by atoms with E-state index in [4.69, 9.17) is 38.4 Å². The molecule has 2 amide bonds. The second-order valence-electron chi connectivity index (χ2n) is 11.9. The zero-order chi connectivity index (χ0) is 37.1. The van der Waals surface area contributed by atoms with Crippen LogP contribution in [0.2, 0.25) is 10.0 Å². The highest BCUT2D eigenvalue weighted by molar-refractivity contribution is 6.34. The molecule has 9 nitrogen and oxygen atoms in total. The third kappa shape index (κ3) is 10.1. The van der Waals surface area contributed by atoms with Crippen molar-refractivity contribution in [1.82, 2.24) is 9.80 Å². The van der Waals surface area contributed by atoms with Gasteiger partial charge >= 0.3 is 11.9 Å². The molecule has 0 aliphatic rings. The number of esters is 2. The number of hydrogen-bond acceptors (Lipinski definition) is 7. The number of nitrogens with two attached hydrogens (primary N) is 1.